The number of piperazine rings is 1. The Labute approximate surface area is 185 Å². The van der Waals surface area contributed by atoms with E-state index in [-0.39, 0.29) is 5.91 Å². The third-order valence-corrected chi connectivity index (χ3v) is 6.78. The lowest BCUT2D eigenvalue weighted by atomic mass is 10.1. The van der Waals surface area contributed by atoms with Crippen molar-refractivity contribution in [2.45, 2.75) is 32.1 Å². The highest BCUT2D eigenvalue weighted by Crippen LogP contribution is 2.33. The van der Waals surface area contributed by atoms with E-state index in [0.717, 1.165) is 50.3 Å². The van der Waals surface area contributed by atoms with Crippen LogP contribution in [0.2, 0.25) is 0 Å². The van der Waals surface area contributed by atoms with Crippen molar-refractivity contribution < 1.29 is 4.79 Å². The summed E-state index contributed by atoms with van der Waals surface area (Å²) in [7, 11) is 2.11. The molecule has 31 heavy (non-hydrogen) atoms. The lowest BCUT2D eigenvalue weighted by Gasteiger charge is -2.32. The molecule has 0 bridgehead atoms. The minimum Gasteiger partial charge on any atom is -0.336 e. The van der Waals surface area contributed by atoms with Crippen molar-refractivity contribution in [3.8, 4) is 16.9 Å². The van der Waals surface area contributed by atoms with E-state index in [1.54, 1.807) is 0 Å². The maximum absolute atomic E-state index is 13.0. The van der Waals surface area contributed by atoms with Gasteiger partial charge in [-0.15, -0.1) is 0 Å². The Morgan fingerprint density at radius 2 is 1.52 bits per heavy atom. The minimum absolute atomic E-state index is 0.147. The van der Waals surface area contributed by atoms with Gasteiger partial charge < -0.3 is 14.4 Å². The van der Waals surface area contributed by atoms with Gasteiger partial charge in [0.05, 0.1) is 5.69 Å². The van der Waals surface area contributed by atoms with Crippen molar-refractivity contribution in [1.29, 1.82) is 0 Å². The van der Waals surface area contributed by atoms with Crippen LogP contribution < -0.4 is 0 Å². The Bertz CT molecular complexity index is 1040. The molecule has 1 amide bonds. The van der Waals surface area contributed by atoms with Crippen LogP contribution in [0.15, 0.2) is 60.7 Å². The fourth-order valence-electron chi connectivity index (χ4n) is 4.94. The predicted molar refractivity (Wildman–Crippen MR) is 126 cm³/mol. The second kappa shape index (κ2) is 8.72. The normalized spacial score (nSPS) is 17.3. The Morgan fingerprint density at radius 3 is 2.26 bits per heavy atom. The predicted octanol–water partition coefficient (Wildman–Crippen LogP) is 4.80. The maximum Gasteiger partial charge on any atom is 0.253 e. The number of hydrogen-bond acceptors (Lipinski definition) is 2. The molecule has 0 spiro atoms. The average Bonchev–Trinajstić information content (AvgIpc) is 3.02. The molecule has 4 nitrogen and oxygen atoms in total. The SMILES string of the molecule is CN1CCN(C(=O)c2ccc(-n3c(-c4ccccc4)cc4c3CCCCC4)cc2)CC1. The number of nitrogens with zero attached hydrogens (tertiary/aromatic N) is 3. The zero-order valence-corrected chi connectivity index (χ0v) is 18.4. The van der Waals surface area contributed by atoms with Crippen LogP contribution in [-0.2, 0) is 12.8 Å². The van der Waals surface area contributed by atoms with E-state index in [1.165, 1.54) is 41.8 Å². The minimum atomic E-state index is 0.147. The van der Waals surface area contributed by atoms with E-state index in [2.05, 4.69) is 65.0 Å². The number of aromatic nitrogens is 1. The molecule has 5 rings (SSSR count). The molecule has 0 radical (unpaired) electrons. The van der Waals surface area contributed by atoms with Crippen molar-refractivity contribution in [3.63, 3.8) is 0 Å². The Morgan fingerprint density at radius 1 is 0.806 bits per heavy atom. The number of aryl methyl sites for hydroxylation is 1. The first kappa shape index (κ1) is 20.1. The van der Waals surface area contributed by atoms with Crippen LogP contribution >= 0.6 is 0 Å². The number of amides is 1. The van der Waals surface area contributed by atoms with Crippen molar-refractivity contribution >= 4 is 5.91 Å². The molecule has 160 valence electrons. The molecule has 1 aliphatic carbocycles. The molecule has 2 heterocycles. The second-order valence-electron chi connectivity index (χ2n) is 8.91. The van der Waals surface area contributed by atoms with Crippen molar-refractivity contribution in [2.75, 3.05) is 33.2 Å². The summed E-state index contributed by atoms with van der Waals surface area (Å²) in [5.74, 6) is 0.147. The summed E-state index contributed by atoms with van der Waals surface area (Å²) >= 11 is 0. The van der Waals surface area contributed by atoms with Gasteiger partial charge in [0.1, 0.15) is 0 Å². The summed E-state index contributed by atoms with van der Waals surface area (Å²) in [5, 5.41) is 0. The Kier molecular flexibility index (Phi) is 5.65. The van der Waals surface area contributed by atoms with Gasteiger partial charge in [-0.2, -0.15) is 0 Å². The zero-order chi connectivity index (χ0) is 21.2. The fourth-order valence-corrected chi connectivity index (χ4v) is 4.94. The van der Waals surface area contributed by atoms with Crippen molar-refractivity contribution in [2.24, 2.45) is 0 Å². The van der Waals surface area contributed by atoms with E-state index in [0.29, 0.717) is 0 Å². The first-order chi connectivity index (χ1) is 15.2. The van der Waals surface area contributed by atoms with E-state index in [1.807, 2.05) is 17.0 Å². The molecule has 1 fully saturated rings. The summed E-state index contributed by atoms with van der Waals surface area (Å²) in [4.78, 5) is 17.2. The number of fused-ring (bicyclic) bond motifs is 1. The van der Waals surface area contributed by atoms with Crippen molar-refractivity contribution in [3.05, 3.63) is 77.5 Å². The quantitative estimate of drug-likeness (QED) is 0.577. The molecule has 1 aromatic heterocycles. The molecule has 2 aromatic carbocycles. The smallest absolute Gasteiger partial charge is 0.253 e. The van der Waals surface area contributed by atoms with Crippen LogP contribution in [0.1, 0.15) is 40.9 Å². The third-order valence-electron chi connectivity index (χ3n) is 6.78. The summed E-state index contributed by atoms with van der Waals surface area (Å²) in [6, 6.07) is 21.3. The Hall–Kier alpha value is -2.85. The van der Waals surface area contributed by atoms with Crippen LogP contribution in [0.5, 0.6) is 0 Å². The topological polar surface area (TPSA) is 28.5 Å². The molecule has 0 unspecified atom stereocenters. The van der Waals surface area contributed by atoms with E-state index < -0.39 is 0 Å². The molecule has 0 saturated carbocycles. The number of likely N-dealkylation sites (N-methyl/N-ethyl adjacent to an activating group) is 1. The highest BCUT2D eigenvalue weighted by Gasteiger charge is 2.22. The van der Waals surface area contributed by atoms with Gasteiger partial charge in [-0.1, -0.05) is 36.8 Å². The zero-order valence-electron chi connectivity index (χ0n) is 18.4. The standard InChI is InChI=1S/C27H31N3O/c1-28-16-18-29(19-17-28)27(31)22-12-14-24(15-13-22)30-25-11-7-3-6-10-23(25)20-26(30)21-8-4-2-5-9-21/h2,4-5,8-9,12-15,20H,3,6-7,10-11,16-19H2,1H3. The number of rotatable bonds is 3. The molecular weight excluding hydrogens is 382 g/mol. The largest absolute Gasteiger partial charge is 0.336 e. The van der Waals surface area contributed by atoms with Crippen molar-refractivity contribution in [1.82, 2.24) is 14.4 Å². The average molecular weight is 414 g/mol. The monoisotopic (exact) mass is 413 g/mol. The highest BCUT2D eigenvalue weighted by atomic mass is 16.2. The van der Waals surface area contributed by atoms with E-state index in [4.69, 9.17) is 0 Å². The van der Waals surface area contributed by atoms with Gasteiger partial charge in [-0.25, -0.2) is 0 Å². The molecule has 3 aromatic rings. The van der Waals surface area contributed by atoms with Gasteiger partial charge in [0.15, 0.2) is 0 Å². The van der Waals surface area contributed by atoms with Crippen LogP contribution in [0.4, 0.5) is 0 Å². The molecule has 0 atom stereocenters. The Balaban J connectivity index is 1.49. The summed E-state index contributed by atoms with van der Waals surface area (Å²) in [6.07, 6.45) is 6.08. The number of benzene rings is 2. The maximum atomic E-state index is 13.0. The van der Waals surface area contributed by atoms with Gasteiger partial charge in [0.2, 0.25) is 0 Å². The second-order valence-corrected chi connectivity index (χ2v) is 8.91. The van der Waals surface area contributed by atoms with Crippen LogP contribution in [0.3, 0.4) is 0 Å². The summed E-state index contributed by atoms with van der Waals surface area (Å²) < 4.78 is 2.43. The van der Waals surface area contributed by atoms with Crippen LogP contribution in [-0.4, -0.2) is 53.5 Å². The fraction of sp³-hybridized carbons (Fsp3) is 0.370. The lowest BCUT2D eigenvalue weighted by molar-refractivity contribution is 0.0664. The number of carbonyl (C=O) groups excluding carboxylic acids is 1. The molecule has 1 saturated heterocycles. The number of hydrogen-bond donors (Lipinski definition) is 0. The van der Waals surface area contributed by atoms with Gasteiger partial charge in [-0.05, 0) is 74.2 Å². The van der Waals surface area contributed by atoms with Gasteiger partial charge >= 0.3 is 0 Å². The molecule has 2 aliphatic rings. The molecule has 0 N–H and O–H groups in total. The first-order valence-corrected chi connectivity index (χ1v) is 11.6. The van der Waals surface area contributed by atoms with Gasteiger partial charge in [0.25, 0.3) is 5.91 Å². The highest BCUT2D eigenvalue weighted by molar-refractivity contribution is 5.94. The molecular formula is C27H31N3O. The molecule has 1 aliphatic heterocycles. The number of carbonyl (C=O) groups is 1. The lowest BCUT2D eigenvalue weighted by Crippen LogP contribution is -2.47. The van der Waals surface area contributed by atoms with E-state index >= 15 is 0 Å². The van der Waals surface area contributed by atoms with E-state index in [9.17, 15) is 4.79 Å². The summed E-state index contributed by atoms with van der Waals surface area (Å²) in [6.45, 7) is 3.50. The van der Waals surface area contributed by atoms with Gasteiger partial charge in [-0.3, -0.25) is 4.79 Å². The first-order valence-electron chi connectivity index (χ1n) is 11.6. The third kappa shape index (κ3) is 4.05. The molecule has 4 heteroatoms. The summed E-state index contributed by atoms with van der Waals surface area (Å²) in [5.41, 5.74) is 7.35. The van der Waals surface area contributed by atoms with Crippen LogP contribution in [0, 0.1) is 0 Å². The van der Waals surface area contributed by atoms with Gasteiger partial charge in [0, 0.05) is 43.1 Å². The van der Waals surface area contributed by atoms with Crippen LogP contribution in [0.25, 0.3) is 16.9 Å².